The predicted molar refractivity (Wildman–Crippen MR) is 66.7 cm³/mol. The van der Waals surface area contributed by atoms with Gasteiger partial charge in [-0.2, -0.15) is 0 Å². The van der Waals surface area contributed by atoms with Crippen molar-refractivity contribution < 1.29 is 19.1 Å². The van der Waals surface area contributed by atoms with Gasteiger partial charge in [-0.25, -0.2) is 0 Å². The normalized spacial score (nSPS) is 9.72. The van der Waals surface area contributed by atoms with Crippen LogP contribution < -0.4 is 10.6 Å². The molecule has 0 heterocycles. The zero-order chi connectivity index (χ0) is 14.0. The molecule has 0 bridgehead atoms. The lowest BCUT2D eigenvalue weighted by Gasteiger charge is -2.08. The highest BCUT2D eigenvalue weighted by molar-refractivity contribution is 5.86. The number of rotatable bonds is 8. The molecule has 0 aliphatic rings. The van der Waals surface area contributed by atoms with E-state index in [4.69, 9.17) is 4.74 Å². The van der Waals surface area contributed by atoms with E-state index in [1.54, 1.807) is 13.8 Å². The van der Waals surface area contributed by atoms with Crippen LogP contribution in [0.5, 0.6) is 0 Å². The van der Waals surface area contributed by atoms with Crippen molar-refractivity contribution in [3.8, 4) is 0 Å². The fourth-order valence-electron chi connectivity index (χ4n) is 1.09. The van der Waals surface area contributed by atoms with Gasteiger partial charge in [0, 0.05) is 19.5 Å². The van der Waals surface area contributed by atoms with Gasteiger partial charge in [0.15, 0.2) is 0 Å². The monoisotopic (exact) mass is 256 g/mol. The van der Waals surface area contributed by atoms with Crippen LogP contribution in [0.2, 0.25) is 0 Å². The smallest absolute Gasteiger partial charge is 0.306 e. The van der Waals surface area contributed by atoms with Gasteiger partial charge in [-0.1, -0.05) is 6.58 Å². The van der Waals surface area contributed by atoms with Crippen molar-refractivity contribution >= 4 is 17.8 Å². The van der Waals surface area contributed by atoms with Crippen molar-refractivity contribution in [2.24, 2.45) is 0 Å². The van der Waals surface area contributed by atoms with Crippen LogP contribution in [-0.4, -0.2) is 37.0 Å². The van der Waals surface area contributed by atoms with E-state index < -0.39 is 0 Å². The van der Waals surface area contributed by atoms with Crippen LogP contribution in [0.15, 0.2) is 12.7 Å². The van der Waals surface area contributed by atoms with Crippen molar-refractivity contribution in [2.75, 3.05) is 13.1 Å². The fourth-order valence-corrected chi connectivity index (χ4v) is 1.09. The molecule has 0 saturated heterocycles. The first kappa shape index (κ1) is 16.1. The highest BCUT2D eigenvalue weighted by Gasteiger charge is 2.08. The molecule has 0 unspecified atom stereocenters. The molecule has 0 aromatic rings. The molecule has 0 saturated carbocycles. The molecule has 0 atom stereocenters. The van der Waals surface area contributed by atoms with E-state index in [0.29, 0.717) is 13.1 Å². The first-order valence-electron chi connectivity index (χ1n) is 5.82. The molecule has 0 radical (unpaired) electrons. The minimum absolute atomic E-state index is 0.0586. The molecule has 18 heavy (non-hydrogen) atoms. The summed E-state index contributed by atoms with van der Waals surface area (Å²) in [7, 11) is 0. The fraction of sp³-hybridized carbons (Fsp3) is 0.583. The van der Waals surface area contributed by atoms with Crippen LogP contribution >= 0.6 is 0 Å². The van der Waals surface area contributed by atoms with Gasteiger partial charge in [0.2, 0.25) is 11.8 Å². The summed E-state index contributed by atoms with van der Waals surface area (Å²) >= 11 is 0. The first-order valence-corrected chi connectivity index (χ1v) is 5.82. The van der Waals surface area contributed by atoms with Crippen molar-refractivity contribution in [1.82, 2.24) is 10.6 Å². The van der Waals surface area contributed by atoms with Crippen LogP contribution in [0, 0.1) is 0 Å². The third kappa shape index (κ3) is 9.38. The minimum atomic E-state index is -0.389. The summed E-state index contributed by atoms with van der Waals surface area (Å²) in [4.78, 5) is 33.2. The van der Waals surface area contributed by atoms with Gasteiger partial charge in [0.1, 0.15) is 0 Å². The van der Waals surface area contributed by atoms with Gasteiger partial charge >= 0.3 is 5.97 Å². The molecule has 0 aliphatic carbocycles. The Morgan fingerprint density at radius 1 is 1.17 bits per heavy atom. The number of esters is 1. The highest BCUT2D eigenvalue weighted by atomic mass is 16.5. The Morgan fingerprint density at radius 3 is 2.33 bits per heavy atom. The van der Waals surface area contributed by atoms with Crippen molar-refractivity contribution in [2.45, 2.75) is 32.8 Å². The average Bonchev–Trinajstić information content (AvgIpc) is 2.30. The molecule has 0 aromatic carbocycles. The van der Waals surface area contributed by atoms with Crippen LogP contribution in [-0.2, 0) is 19.1 Å². The minimum Gasteiger partial charge on any atom is -0.463 e. The molecule has 0 spiro atoms. The maximum absolute atomic E-state index is 11.3. The maximum Gasteiger partial charge on any atom is 0.306 e. The molecular weight excluding hydrogens is 236 g/mol. The summed E-state index contributed by atoms with van der Waals surface area (Å²) in [5, 5.41) is 5.09. The first-order chi connectivity index (χ1) is 8.45. The van der Waals surface area contributed by atoms with Gasteiger partial charge in [-0.15, -0.1) is 0 Å². The molecule has 0 rings (SSSR count). The average molecular weight is 256 g/mol. The van der Waals surface area contributed by atoms with E-state index >= 15 is 0 Å². The molecule has 6 nitrogen and oxygen atoms in total. The van der Waals surface area contributed by atoms with E-state index in [9.17, 15) is 14.4 Å². The Morgan fingerprint density at radius 2 is 1.78 bits per heavy atom. The number of nitrogens with one attached hydrogen (secondary N) is 2. The Balaban J connectivity index is 3.57. The molecule has 6 heteroatoms. The lowest BCUT2D eigenvalue weighted by Crippen LogP contribution is -2.34. The summed E-state index contributed by atoms with van der Waals surface area (Å²) in [5.74, 6) is -0.923. The predicted octanol–water partition coefficient (Wildman–Crippen LogP) is 0.137. The SMILES string of the molecule is C=CC(=O)NCCNC(=O)CCC(=O)OC(C)C. The quantitative estimate of drug-likeness (QED) is 0.367. The molecule has 2 amide bonds. The van der Waals surface area contributed by atoms with Gasteiger partial charge in [-0.05, 0) is 19.9 Å². The Bertz CT molecular complexity index is 313. The van der Waals surface area contributed by atoms with Crippen LogP contribution in [0.1, 0.15) is 26.7 Å². The zero-order valence-corrected chi connectivity index (χ0v) is 10.8. The molecule has 0 aromatic heterocycles. The third-order valence-electron chi connectivity index (χ3n) is 1.86. The standard InChI is InChI=1S/C12H20N2O4/c1-4-10(15)13-7-8-14-11(16)5-6-12(17)18-9(2)3/h4,9H,1,5-8H2,2-3H3,(H,13,15)(H,14,16). The topological polar surface area (TPSA) is 84.5 Å². The second kappa shape index (κ2) is 9.21. The van der Waals surface area contributed by atoms with Crippen molar-refractivity contribution in [3.05, 3.63) is 12.7 Å². The summed E-state index contributed by atoms with van der Waals surface area (Å²) in [6, 6.07) is 0. The number of hydrogen-bond donors (Lipinski definition) is 2. The molecule has 0 fully saturated rings. The highest BCUT2D eigenvalue weighted by Crippen LogP contribution is 1.96. The van der Waals surface area contributed by atoms with Crippen molar-refractivity contribution in [3.63, 3.8) is 0 Å². The zero-order valence-electron chi connectivity index (χ0n) is 10.8. The Labute approximate surface area is 107 Å². The third-order valence-corrected chi connectivity index (χ3v) is 1.86. The summed E-state index contributed by atoms with van der Waals surface area (Å²) in [5.41, 5.74) is 0. The van der Waals surface area contributed by atoms with E-state index in [0.717, 1.165) is 6.08 Å². The Kier molecular flexibility index (Phi) is 8.26. The van der Waals surface area contributed by atoms with E-state index in [1.165, 1.54) is 0 Å². The van der Waals surface area contributed by atoms with Crippen LogP contribution in [0.4, 0.5) is 0 Å². The van der Waals surface area contributed by atoms with Crippen LogP contribution in [0.25, 0.3) is 0 Å². The lowest BCUT2D eigenvalue weighted by molar-refractivity contribution is -0.148. The van der Waals surface area contributed by atoms with E-state index in [1.807, 2.05) is 0 Å². The Hall–Kier alpha value is -1.85. The van der Waals surface area contributed by atoms with Gasteiger partial charge in [-0.3, -0.25) is 14.4 Å². The number of carbonyl (C=O) groups excluding carboxylic acids is 3. The number of carbonyl (C=O) groups is 3. The van der Waals surface area contributed by atoms with E-state index in [2.05, 4.69) is 17.2 Å². The molecule has 102 valence electrons. The lowest BCUT2D eigenvalue weighted by atomic mass is 10.3. The number of hydrogen-bond acceptors (Lipinski definition) is 4. The summed E-state index contributed by atoms with van der Waals surface area (Å²) in [6.45, 7) is 7.44. The number of amides is 2. The molecule has 2 N–H and O–H groups in total. The van der Waals surface area contributed by atoms with E-state index in [-0.39, 0.29) is 36.7 Å². The summed E-state index contributed by atoms with van der Waals surface area (Å²) in [6.07, 6.45) is 1.13. The van der Waals surface area contributed by atoms with Crippen molar-refractivity contribution in [1.29, 1.82) is 0 Å². The van der Waals surface area contributed by atoms with Crippen LogP contribution in [0.3, 0.4) is 0 Å². The summed E-state index contributed by atoms with van der Waals surface area (Å²) < 4.78 is 4.89. The largest absolute Gasteiger partial charge is 0.463 e. The van der Waals surface area contributed by atoms with Gasteiger partial charge in [0.25, 0.3) is 0 Å². The second-order valence-corrected chi connectivity index (χ2v) is 3.88. The number of ether oxygens (including phenoxy) is 1. The molecular formula is C12H20N2O4. The maximum atomic E-state index is 11.3. The van der Waals surface area contributed by atoms with Gasteiger partial charge < -0.3 is 15.4 Å². The van der Waals surface area contributed by atoms with Gasteiger partial charge in [0.05, 0.1) is 12.5 Å². The molecule has 0 aliphatic heterocycles. The second-order valence-electron chi connectivity index (χ2n) is 3.88.